The summed E-state index contributed by atoms with van der Waals surface area (Å²) in [5.74, 6) is 0. The van der Waals surface area contributed by atoms with E-state index >= 15 is 0 Å². The van der Waals surface area contributed by atoms with Crippen molar-refractivity contribution in [2.45, 2.75) is 44.2 Å². The van der Waals surface area contributed by atoms with E-state index in [9.17, 15) is 0 Å². The fraction of sp³-hybridized carbons (Fsp3) is 0.800. The lowest BCUT2D eigenvalue weighted by Crippen LogP contribution is -2.59. The number of ether oxygens (including phenoxy) is 1. The average molecular weight is 295 g/mol. The van der Waals surface area contributed by atoms with Gasteiger partial charge in [0.1, 0.15) is 0 Å². The molecule has 0 radical (unpaired) electrons. The van der Waals surface area contributed by atoms with Gasteiger partial charge in [-0.25, -0.2) is 4.98 Å². The third-order valence-corrected chi connectivity index (χ3v) is 5.33. The van der Waals surface area contributed by atoms with E-state index < -0.39 is 0 Å². The highest BCUT2D eigenvalue weighted by Gasteiger charge is 2.38. The van der Waals surface area contributed by atoms with E-state index in [1.807, 2.05) is 5.51 Å². The number of likely N-dealkylation sites (tertiary alicyclic amines) is 1. The number of piperidine rings is 1. The first kappa shape index (κ1) is 14.4. The number of rotatable bonds is 5. The number of hydrogen-bond donors (Lipinski definition) is 1. The van der Waals surface area contributed by atoms with Gasteiger partial charge >= 0.3 is 0 Å². The Hall–Kier alpha value is -0.490. The van der Waals surface area contributed by atoms with Gasteiger partial charge in [-0.15, -0.1) is 11.3 Å². The van der Waals surface area contributed by atoms with Crippen molar-refractivity contribution in [2.24, 2.45) is 0 Å². The second-order valence-electron chi connectivity index (χ2n) is 5.97. The van der Waals surface area contributed by atoms with Crippen LogP contribution in [0.25, 0.3) is 0 Å². The Morgan fingerprint density at radius 2 is 2.05 bits per heavy atom. The highest BCUT2D eigenvalue weighted by Crippen LogP contribution is 2.30. The van der Waals surface area contributed by atoms with Crippen LogP contribution < -0.4 is 5.32 Å². The normalized spacial score (nSPS) is 23.8. The molecule has 0 amide bonds. The van der Waals surface area contributed by atoms with Crippen molar-refractivity contribution in [1.29, 1.82) is 0 Å². The quantitative estimate of drug-likeness (QED) is 0.904. The molecule has 1 aromatic rings. The first-order valence-corrected chi connectivity index (χ1v) is 8.74. The smallest absolute Gasteiger partial charge is 0.0795 e. The van der Waals surface area contributed by atoms with Crippen LogP contribution in [0.3, 0.4) is 0 Å². The average Bonchev–Trinajstić information content (AvgIpc) is 3.02. The second kappa shape index (κ2) is 6.98. The van der Waals surface area contributed by atoms with Crippen molar-refractivity contribution in [1.82, 2.24) is 15.2 Å². The zero-order chi connectivity index (χ0) is 13.7. The third-order valence-electron chi connectivity index (χ3n) is 4.69. The lowest BCUT2D eigenvalue weighted by molar-refractivity contribution is -0.0358. The van der Waals surface area contributed by atoms with Gasteiger partial charge in [0.05, 0.1) is 11.2 Å². The summed E-state index contributed by atoms with van der Waals surface area (Å²) in [7, 11) is 0. The Balaban J connectivity index is 1.59. The molecule has 2 aliphatic rings. The lowest BCUT2D eigenvalue weighted by Gasteiger charge is -2.48. The molecule has 2 fully saturated rings. The number of thiazole rings is 1. The SMILES string of the molecule is c1nc(CNCC2(N3CCCCC3)CCOCC2)cs1. The maximum absolute atomic E-state index is 5.60. The molecule has 0 aromatic carbocycles. The van der Waals surface area contributed by atoms with Gasteiger partial charge in [0.25, 0.3) is 0 Å². The van der Waals surface area contributed by atoms with Crippen LogP contribution in [0.5, 0.6) is 0 Å². The Morgan fingerprint density at radius 3 is 2.75 bits per heavy atom. The zero-order valence-corrected chi connectivity index (χ0v) is 13.0. The minimum atomic E-state index is 0.314. The molecule has 0 saturated carbocycles. The van der Waals surface area contributed by atoms with Gasteiger partial charge in [0.2, 0.25) is 0 Å². The van der Waals surface area contributed by atoms with Crippen molar-refractivity contribution in [2.75, 3.05) is 32.8 Å². The predicted molar refractivity (Wildman–Crippen MR) is 82.0 cm³/mol. The number of hydrogen-bond acceptors (Lipinski definition) is 5. The fourth-order valence-electron chi connectivity index (χ4n) is 3.47. The summed E-state index contributed by atoms with van der Waals surface area (Å²) < 4.78 is 5.60. The first-order valence-electron chi connectivity index (χ1n) is 7.80. The minimum absolute atomic E-state index is 0.314. The molecule has 5 heteroatoms. The molecule has 3 heterocycles. The van der Waals surface area contributed by atoms with E-state index in [2.05, 4.69) is 20.6 Å². The molecule has 20 heavy (non-hydrogen) atoms. The molecular formula is C15H25N3OS. The molecule has 0 spiro atoms. The topological polar surface area (TPSA) is 37.4 Å². The van der Waals surface area contributed by atoms with E-state index in [1.54, 1.807) is 11.3 Å². The van der Waals surface area contributed by atoms with E-state index in [0.29, 0.717) is 5.54 Å². The molecule has 2 aliphatic heterocycles. The van der Waals surface area contributed by atoms with Crippen LogP contribution in [0.15, 0.2) is 10.9 Å². The van der Waals surface area contributed by atoms with E-state index in [0.717, 1.165) is 44.8 Å². The largest absolute Gasteiger partial charge is 0.381 e. The molecule has 0 atom stereocenters. The third kappa shape index (κ3) is 3.39. The van der Waals surface area contributed by atoms with E-state index in [4.69, 9.17) is 4.74 Å². The molecule has 2 saturated heterocycles. The van der Waals surface area contributed by atoms with Crippen molar-refractivity contribution in [3.8, 4) is 0 Å². The summed E-state index contributed by atoms with van der Waals surface area (Å²) in [4.78, 5) is 7.08. The van der Waals surface area contributed by atoms with E-state index in [-0.39, 0.29) is 0 Å². The highest BCUT2D eigenvalue weighted by atomic mass is 32.1. The summed E-state index contributed by atoms with van der Waals surface area (Å²) in [6, 6.07) is 0. The second-order valence-corrected chi connectivity index (χ2v) is 6.69. The Morgan fingerprint density at radius 1 is 1.25 bits per heavy atom. The summed E-state index contributed by atoms with van der Waals surface area (Å²) in [6.07, 6.45) is 6.44. The minimum Gasteiger partial charge on any atom is -0.381 e. The molecule has 3 rings (SSSR count). The maximum atomic E-state index is 5.60. The van der Waals surface area contributed by atoms with E-state index in [1.165, 1.54) is 32.4 Å². The van der Waals surface area contributed by atoms with Crippen molar-refractivity contribution >= 4 is 11.3 Å². The van der Waals surface area contributed by atoms with Gasteiger partial charge in [-0.05, 0) is 38.8 Å². The highest BCUT2D eigenvalue weighted by molar-refractivity contribution is 7.07. The lowest BCUT2D eigenvalue weighted by atomic mass is 9.86. The summed E-state index contributed by atoms with van der Waals surface area (Å²) in [6.45, 7) is 6.30. The van der Waals surface area contributed by atoms with Crippen LogP contribution in [0, 0.1) is 0 Å². The van der Waals surface area contributed by atoms with Crippen LogP contribution in [-0.4, -0.2) is 48.3 Å². The first-order chi connectivity index (χ1) is 9.89. The molecule has 1 N–H and O–H groups in total. The van der Waals surface area contributed by atoms with Crippen LogP contribution in [0.4, 0.5) is 0 Å². The molecule has 0 aliphatic carbocycles. The van der Waals surface area contributed by atoms with Gasteiger partial charge in [-0.3, -0.25) is 4.90 Å². The Kier molecular flexibility index (Phi) is 5.04. The Bertz CT molecular complexity index is 384. The number of nitrogens with one attached hydrogen (secondary N) is 1. The van der Waals surface area contributed by atoms with Gasteiger partial charge in [0, 0.05) is 37.2 Å². The number of aromatic nitrogens is 1. The van der Waals surface area contributed by atoms with Gasteiger partial charge in [0.15, 0.2) is 0 Å². The van der Waals surface area contributed by atoms with Crippen LogP contribution >= 0.6 is 11.3 Å². The number of nitrogens with zero attached hydrogens (tertiary/aromatic N) is 2. The summed E-state index contributed by atoms with van der Waals surface area (Å²) in [5.41, 5.74) is 3.39. The maximum Gasteiger partial charge on any atom is 0.0795 e. The fourth-order valence-corrected chi connectivity index (χ4v) is 4.03. The van der Waals surface area contributed by atoms with Crippen molar-refractivity contribution < 1.29 is 4.74 Å². The molecule has 4 nitrogen and oxygen atoms in total. The monoisotopic (exact) mass is 295 g/mol. The molecule has 0 unspecified atom stereocenters. The zero-order valence-electron chi connectivity index (χ0n) is 12.1. The van der Waals surface area contributed by atoms with Crippen LogP contribution in [-0.2, 0) is 11.3 Å². The van der Waals surface area contributed by atoms with Crippen molar-refractivity contribution in [3.63, 3.8) is 0 Å². The standard InChI is InChI=1S/C15H25N3OS/c1-2-6-18(7-3-1)15(4-8-19-9-5-15)12-16-10-14-11-20-13-17-14/h11,13,16H,1-10,12H2. The molecule has 112 valence electrons. The van der Waals surface area contributed by atoms with Crippen molar-refractivity contribution in [3.05, 3.63) is 16.6 Å². The van der Waals surface area contributed by atoms with Crippen LogP contribution in [0.2, 0.25) is 0 Å². The molecular weight excluding hydrogens is 270 g/mol. The molecule has 1 aromatic heterocycles. The van der Waals surface area contributed by atoms with Gasteiger partial charge in [-0.2, -0.15) is 0 Å². The molecule has 0 bridgehead atoms. The Labute approximate surface area is 125 Å². The summed E-state index contributed by atoms with van der Waals surface area (Å²) in [5, 5.41) is 5.77. The van der Waals surface area contributed by atoms with Gasteiger partial charge in [-0.1, -0.05) is 6.42 Å². The van der Waals surface area contributed by atoms with Crippen LogP contribution in [0.1, 0.15) is 37.8 Å². The predicted octanol–water partition coefficient (Wildman–Crippen LogP) is 2.27. The van der Waals surface area contributed by atoms with Gasteiger partial charge < -0.3 is 10.1 Å². The summed E-state index contributed by atoms with van der Waals surface area (Å²) >= 11 is 1.67.